The second kappa shape index (κ2) is 4.37. The second-order valence-electron chi connectivity index (χ2n) is 4.32. The molecule has 1 fully saturated rings. The van der Waals surface area contributed by atoms with Crippen LogP contribution in [0.15, 0.2) is 15.9 Å². The smallest absolute Gasteiger partial charge is 0.320 e. The monoisotopic (exact) mass is 302 g/mol. The molecule has 0 spiro atoms. The Bertz CT molecular complexity index is 404. The van der Waals surface area contributed by atoms with Gasteiger partial charge in [0.15, 0.2) is 0 Å². The van der Waals surface area contributed by atoms with Crippen LogP contribution in [0.1, 0.15) is 24.8 Å². The molecule has 88 valence electrons. The molecule has 1 atom stereocenters. The Kier molecular flexibility index (Phi) is 3.26. The van der Waals surface area contributed by atoms with Gasteiger partial charge in [-0.1, -0.05) is 0 Å². The maximum absolute atomic E-state index is 12.0. The van der Waals surface area contributed by atoms with Crippen molar-refractivity contribution in [3.63, 3.8) is 0 Å². The molecular weight excluding hydrogens is 288 g/mol. The molecule has 0 N–H and O–H groups in total. The molecule has 0 saturated carbocycles. The Morgan fingerprint density at radius 2 is 2.25 bits per heavy atom. The van der Waals surface area contributed by atoms with Crippen LogP contribution in [-0.4, -0.2) is 35.5 Å². The van der Waals surface area contributed by atoms with Gasteiger partial charge in [-0.25, -0.2) is 4.79 Å². The first-order valence-corrected chi connectivity index (χ1v) is 6.95. The van der Waals surface area contributed by atoms with E-state index < -0.39 is 0 Å². The van der Waals surface area contributed by atoms with Crippen LogP contribution < -0.4 is 0 Å². The van der Waals surface area contributed by atoms with Crippen molar-refractivity contribution in [3.8, 4) is 0 Å². The predicted molar refractivity (Wildman–Crippen MR) is 69.8 cm³/mol. The van der Waals surface area contributed by atoms with Gasteiger partial charge in [-0.3, -0.25) is 0 Å². The van der Waals surface area contributed by atoms with Crippen LogP contribution in [0, 0.1) is 0 Å². The second-order valence-corrected chi connectivity index (χ2v) is 6.18. The molecule has 5 heteroatoms. The van der Waals surface area contributed by atoms with Crippen molar-refractivity contribution in [1.82, 2.24) is 9.80 Å². The summed E-state index contributed by atoms with van der Waals surface area (Å²) in [7, 11) is 1.88. The van der Waals surface area contributed by atoms with Crippen molar-refractivity contribution in [2.24, 2.45) is 0 Å². The maximum Gasteiger partial charge on any atom is 0.320 e. The summed E-state index contributed by atoms with van der Waals surface area (Å²) in [4.78, 5) is 17.0. The van der Waals surface area contributed by atoms with Gasteiger partial charge in [0, 0.05) is 34.4 Å². The van der Waals surface area contributed by atoms with E-state index in [9.17, 15) is 4.79 Å². The largest absolute Gasteiger partial charge is 0.320 e. The van der Waals surface area contributed by atoms with Crippen molar-refractivity contribution >= 4 is 33.3 Å². The lowest BCUT2D eigenvalue weighted by atomic mass is 10.2. The molecule has 2 rings (SSSR count). The molecule has 1 aromatic rings. The number of thiophene rings is 1. The van der Waals surface area contributed by atoms with Gasteiger partial charge in [0.1, 0.15) is 0 Å². The first-order chi connectivity index (χ1) is 7.50. The summed E-state index contributed by atoms with van der Waals surface area (Å²) in [5.74, 6) is 0. The highest BCUT2D eigenvalue weighted by atomic mass is 79.9. The zero-order valence-corrected chi connectivity index (χ0v) is 12.0. The number of halogens is 1. The predicted octanol–water partition coefficient (Wildman–Crippen LogP) is 3.33. The van der Waals surface area contributed by atoms with Gasteiger partial charge < -0.3 is 9.80 Å². The van der Waals surface area contributed by atoms with E-state index in [1.54, 1.807) is 11.3 Å². The zero-order valence-electron chi connectivity index (χ0n) is 9.61. The number of rotatable bonds is 2. The molecule has 2 amide bonds. The van der Waals surface area contributed by atoms with Gasteiger partial charge in [0.05, 0.1) is 6.04 Å². The zero-order chi connectivity index (χ0) is 11.9. The summed E-state index contributed by atoms with van der Waals surface area (Å²) in [5, 5.41) is 2.06. The fraction of sp³-hybridized carbons (Fsp3) is 0.545. The van der Waals surface area contributed by atoms with Crippen molar-refractivity contribution in [3.05, 3.63) is 20.8 Å². The number of carbonyl (C=O) groups excluding carboxylic acids is 1. The van der Waals surface area contributed by atoms with Crippen LogP contribution in [0.2, 0.25) is 0 Å². The maximum atomic E-state index is 12.0. The first kappa shape index (κ1) is 11.9. The normalized spacial score (nSPS) is 21.3. The summed E-state index contributed by atoms with van der Waals surface area (Å²) >= 11 is 5.15. The molecule has 1 aromatic heterocycles. The quantitative estimate of drug-likeness (QED) is 0.822. The molecule has 1 aliphatic rings. The van der Waals surface area contributed by atoms with Gasteiger partial charge in [-0.15, -0.1) is 11.3 Å². The highest BCUT2D eigenvalue weighted by molar-refractivity contribution is 9.10. The third kappa shape index (κ3) is 1.98. The van der Waals surface area contributed by atoms with E-state index in [1.165, 1.54) is 4.88 Å². The van der Waals surface area contributed by atoms with Crippen LogP contribution >= 0.6 is 27.3 Å². The molecule has 3 nitrogen and oxygen atoms in total. The Labute approximate surface area is 108 Å². The van der Waals surface area contributed by atoms with Crippen LogP contribution in [0.25, 0.3) is 0 Å². The summed E-state index contributed by atoms with van der Waals surface area (Å²) in [6.07, 6.45) is 0. The minimum absolute atomic E-state index is 0.129. The highest BCUT2D eigenvalue weighted by Gasteiger charge is 2.37. The molecule has 1 unspecified atom stereocenters. The van der Waals surface area contributed by atoms with Gasteiger partial charge in [0.25, 0.3) is 0 Å². The Hall–Kier alpha value is -0.550. The number of nitrogens with zero attached hydrogens (tertiary/aromatic N) is 2. The average Bonchev–Trinajstić information content (AvgIpc) is 2.74. The van der Waals surface area contributed by atoms with E-state index in [4.69, 9.17) is 0 Å². The van der Waals surface area contributed by atoms with Crippen LogP contribution in [-0.2, 0) is 0 Å². The van der Waals surface area contributed by atoms with Crippen LogP contribution in [0.3, 0.4) is 0 Å². The van der Waals surface area contributed by atoms with Crippen molar-refractivity contribution in [1.29, 1.82) is 0 Å². The van der Waals surface area contributed by atoms with Gasteiger partial charge in [-0.2, -0.15) is 0 Å². The lowest BCUT2D eigenvalue weighted by molar-refractivity contribution is 0.187. The summed E-state index contributed by atoms with van der Waals surface area (Å²) in [6, 6.07) is 2.70. The number of carbonyl (C=O) groups is 1. The summed E-state index contributed by atoms with van der Waals surface area (Å²) in [6.45, 7) is 4.90. The van der Waals surface area contributed by atoms with Gasteiger partial charge in [0.2, 0.25) is 0 Å². The lowest BCUT2D eigenvalue weighted by Crippen LogP contribution is -2.34. The van der Waals surface area contributed by atoms with Crippen LogP contribution in [0.5, 0.6) is 0 Å². The minimum Gasteiger partial charge on any atom is -0.320 e. The topological polar surface area (TPSA) is 23.6 Å². The Morgan fingerprint density at radius 3 is 2.69 bits per heavy atom. The molecule has 16 heavy (non-hydrogen) atoms. The van der Waals surface area contributed by atoms with E-state index in [0.29, 0.717) is 0 Å². The number of hydrogen-bond donors (Lipinski definition) is 0. The third-order valence-electron chi connectivity index (χ3n) is 2.92. The van der Waals surface area contributed by atoms with Gasteiger partial charge >= 0.3 is 6.03 Å². The van der Waals surface area contributed by atoms with E-state index in [-0.39, 0.29) is 18.1 Å². The molecule has 2 heterocycles. The lowest BCUT2D eigenvalue weighted by Gasteiger charge is -2.19. The van der Waals surface area contributed by atoms with Crippen molar-refractivity contribution in [2.45, 2.75) is 25.9 Å². The fourth-order valence-electron chi connectivity index (χ4n) is 1.94. The number of amides is 2. The van der Waals surface area contributed by atoms with E-state index in [0.717, 1.165) is 11.0 Å². The Morgan fingerprint density at radius 1 is 1.56 bits per heavy atom. The van der Waals surface area contributed by atoms with E-state index >= 15 is 0 Å². The number of urea groups is 1. The van der Waals surface area contributed by atoms with Crippen LogP contribution in [0.4, 0.5) is 4.79 Å². The average molecular weight is 303 g/mol. The molecule has 1 aliphatic heterocycles. The van der Waals surface area contributed by atoms with E-state index in [2.05, 4.69) is 41.2 Å². The summed E-state index contributed by atoms with van der Waals surface area (Å²) < 4.78 is 1.09. The standard InChI is InChI=1S/C11H15BrN2OS/c1-7(2)14-5-9(13(3)11(14)15)10-4-8(12)6-16-10/h4,6-7,9H,5H2,1-3H3. The third-order valence-corrected chi connectivity index (χ3v) is 4.72. The van der Waals surface area contributed by atoms with Gasteiger partial charge in [-0.05, 0) is 35.8 Å². The minimum atomic E-state index is 0.129. The Balaban J connectivity index is 2.22. The van der Waals surface area contributed by atoms with E-state index in [1.807, 2.05) is 16.8 Å². The molecule has 0 aliphatic carbocycles. The number of likely N-dealkylation sites (N-methyl/N-ethyl adjacent to an activating group) is 1. The first-order valence-electron chi connectivity index (χ1n) is 5.28. The fourth-order valence-corrected chi connectivity index (χ4v) is 3.52. The molecule has 1 saturated heterocycles. The SMILES string of the molecule is CC(C)N1CC(c2cc(Br)cs2)N(C)C1=O. The molecule has 0 radical (unpaired) electrons. The molecule has 0 aromatic carbocycles. The van der Waals surface area contributed by atoms with Crippen molar-refractivity contribution in [2.75, 3.05) is 13.6 Å². The van der Waals surface area contributed by atoms with Crippen molar-refractivity contribution < 1.29 is 4.79 Å². The molecule has 0 bridgehead atoms. The molecular formula is C11H15BrN2OS. The highest BCUT2D eigenvalue weighted by Crippen LogP contribution is 2.34. The number of hydrogen-bond acceptors (Lipinski definition) is 2. The summed E-state index contributed by atoms with van der Waals surface area (Å²) in [5.41, 5.74) is 0.